The van der Waals surface area contributed by atoms with E-state index in [0.717, 1.165) is 0 Å². The highest BCUT2D eigenvalue weighted by molar-refractivity contribution is 4.60. The molecule has 0 bridgehead atoms. The van der Waals surface area contributed by atoms with Gasteiger partial charge in [-0.25, -0.2) is 0 Å². The van der Waals surface area contributed by atoms with Crippen LogP contribution in [0, 0.1) is 0 Å². The molecule has 0 aliphatic carbocycles. The molecule has 54 valence electrons. The molecule has 0 saturated heterocycles. The van der Waals surface area contributed by atoms with Gasteiger partial charge >= 0.3 is 0 Å². The molecule has 0 radical (unpaired) electrons. The van der Waals surface area contributed by atoms with E-state index >= 15 is 0 Å². The van der Waals surface area contributed by atoms with Crippen molar-refractivity contribution in [2.24, 2.45) is 5.73 Å². The maximum Gasteiger partial charge on any atom is 0.00686 e. The van der Waals surface area contributed by atoms with Crippen molar-refractivity contribution in [2.75, 3.05) is 0 Å². The van der Waals surface area contributed by atoms with Gasteiger partial charge < -0.3 is 11.9 Å². The normalized spacial score (nSPS) is 8.00. The zero-order chi connectivity index (χ0) is 6.50. The van der Waals surface area contributed by atoms with Crippen molar-refractivity contribution in [3.8, 4) is 0 Å². The first-order valence-electron chi connectivity index (χ1n) is 2.29. The fourth-order valence-corrected chi connectivity index (χ4v) is 0. The summed E-state index contributed by atoms with van der Waals surface area (Å²) < 4.78 is 0. The summed E-state index contributed by atoms with van der Waals surface area (Å²) in [4.78, 5) is 0. The van der Waals surface area contributed by atoms with Crippen molar-refractivity contribution in [3.63, 3.8) is 0 Å². The summed E-state index contributed by atoms with van der Waals surface area (Å²) in [5, 5.41) is 0. The Kier molecular flexibility index (Phi) is 13.0. The second kappa shape index (κ2) is 6.66. The van der Waals surface area contributed by atoms with Gasteiger partial charge in [0.1, 0.15) is 0 Å². The SMILES string of the molecule is C=C.CC(C)(C)N.N.[HH]. The van der Waals surface area contributed by atoms with E-state index < -0.39 is 0 Å². The molecular weight excluding hydrogens is 100 g/mol. The van der Waals surface area contributed by atoms with Crippen LogP contribution in [0.3, 0.4) is 0 Å². The molecule has 0 atom stereocenters. The highest BCUT2D eigenvalue weighted by atomic mass is 14.7. The first kappa shape index (κ1) is 15.6. The number of rotatable bonds is 0. The number of nitrogens with two attached hydrogens (primary N) is 1. The van der Waals surface area contributed by atoms with Gasteiger partial charge in [-0.3, -0.25) is 0 Å². The molecule has 2 nitrogen and oxygen atoms in total. The molecule has 0 aromatic carbocycles. The minimum absolute atomic E-state index is 0. The van der Waals surface area contributed by atoms with Gasteiger partial charge in [-0.2, -0.15) is 0 Å². The van der Waals surface area contributed by atoms with Gasteiger partial charge in [-0.05, 0) is 20.8 Å². The molecule has 0 amide bonds. The van der Waals surface area contributed by atoms with Crippen LogP contribution in [0.1, 0.15) is 22.2 Å². The van der Waals surface area contributed by atoms with E-state index in [0.29, 0.717) is 0 Å². The molecule has 0 heterocycles. The molecular formula is C6H20N2. The van der Waals surface area contributed by atoms with Gasteiger partial charge in [0, 0.05) is 6.97 Å². The van der Waals surface area contributed by atoms with Crippen molar-refractivity contribution < 1.29 is 1.43 Å². The Morgan fingerprint density at radius 2 is 1.25 bits per heavy atom. The van der Waals surface area contributed by atoms with Crippen LogP contribution in [0.5, 0.6) is 0 Å². The molecule has 0 saturated carbocycles. The van der Waals surface area contributed by atoms with E-state index in [-0.39, 0.29) is 13.1 Å². The zero-order valence-electron chi connectivity index (χ0n) is 6.20. The van der Waals surface area contributed by atoms with Crippen LogP contribution in [-0.4, -0.2) is 5.54 Å². The monoisotopic (exact) mass is 120 g/mol. The maximum atomic E-state index is 5.35. The van der Waals surface area contributed by atoms with Gasteiger partial charge in [-0.15, -0.1) is 13.2 Å². The quantitative estimate of drug-likeness (QED) is 0.480. The lowest BCUT2D eigenvalue weighted by atomic mass is 10.1. The minimum atomic E-state index is 0. The third-order valence-electron chi connectivity index (χ3n) is 0. The lowest BCUT2D eigenvalue weighted by Crippen LogP contribution is -2.26. The van der Waals surface area contributed by atoms with Crippen molar-refractivity contribution in [1.29, 1.82) is 0 Å². The van der Waals surface area contributed by atoms with E-state index in [4.69, 9.17) is 5.73 Å². The van der Waals surface area contributed by atoms with E-state index in [1.165, 1.54) is 0 Å². The van der Waals surface area contributed by atoms with E-state index in [9.17, 15) is 0 Å². The third kappa shape index (κ3) is 1060. The molecule has 0 rings (SSSR count). The second-order valence-electron chi connectivity index (χ2n) is 2.37. The van der Waals surface area contributed by atoms with E-state index in [2.05, 4.69) is 13.2 Å². The lowest BCUT2D eigenvalue weighted by Gasteiger charge is -2.06. The number of hydrogen-bond acceptors (Lipinski definition) is 2. The Labute approximate surface area is 53.8 Å². The number of hydrogen-bond donors (Lipinski definition) is 2. The average Bonchev–Trinajstić information content (AvgIpc) is 1.36. The third-order valence-corrected chi connectivity index (χ3v) is 0. The smallest absolute Gasteiger partial charge is 0.00686 e. The molecule has 5 N–H and O–H groups in total. The largest absolute Gasteiger partial charge is 0.344 e. The molecule has 8 heavy (non-hydrogen) atoms. The van der Waals surface area contributed by atoms with Crippen molar-refractivity contribution in [1.82, 2.24) is 6.15 Å². The molecule has 0 spiro atoms. The molecule has 0 unspecified atom stereocenters. The van der Waals surface area contributed by atoms with Crippen LogP contribution in [0.4, 0.5) is 0 Å². The Hall–Kier alpha value is -0.340. The molecule has 0 aliphatic heterocycles. The standard InChI is InChI=1S/C4H11N.C2H4.H3N.H2/c1-4(2,3)5;1-2;;/h5H2,1-3H3;1-2H2;1H3;1H. The highest BCUT2D eigenvalue weighted by Gasteiger charge is 1.95. The summed E-state index contributed by atoms with van der Waals surface area (Å²) in [7, 11) is 0. The Morgan fingerprint density at radius 3 is 1.25 bits per heavy atom. The summed E-state index contributed by atoms with van der Waals surface area (Å²) in [6.45, 7) is 11.9. The maximum absolute atomic E-state index is 5.35. The molecule has 0 aliphatic rings. The zero-order valence-corrected chi connectivity index (χ0v) is 6.20. The van der Waals surface area contributed by atoms with Crippen LogP contribution in [0.15, 0.2) is 13.2 Å². The first-order valence-corrected chi connectivity index (χ1v) is 2.29. The van der Waals surface area contributed by atoms with E-state index in [1.54, 1.807) is 0 Å². The van der Waals surface area contributed by atoms with Gasteiger partial charge in [-0.1, -0.05) is 0 Å². The van der Waals surface area contributed by atoms with Crippen LogP contribution in [-0.2, 0) is 0 Å². The lowest BCUT2D eigenvalue weighted by molar-refractivity contribution is 0.580. The van der Waals surface area contributed by atoms with Crippen molar-refractivity contribution in [2.45, 2.75) is 26.3 Å². The van der Waals surface area contributed by atoms with Gasteiger partial charge in [0.25, 0.3) is 0 Å². The second-order valence-corrected chi connectivity index (χ2v) is 2.37. The summed E-state index contributed by atoms with van der Waals surface area (Å²) in [6.07, 6.45) is 0. The Balaban J connectivity index is -0.0000000286. The van der Waals surface area contributed by atoms with Gasteiger partial charge in [0.05, 0.1) is 0 Å². The van der Waals surface area contributed by atoms with Crippen molar-refractivity contribution in [3.05, 3.63) is 13.2 Å². The average molecular weight is 120 g/mol. The van der Waals surface area contributed by atoms with Crippen LogP contribution < -0.4 is 11.9 Å². The first-order chi connectivity index (χ1) is 3.00. The summed E-state index contributed by atoms with van der Waals surface area (Å²) in [6, 6.07) is 0. The summed E-state index contributed by atoms with van der Waals surface area (Å²) in [5.74, 6) is 0. The molecule has 0 aromatic rings. The molecule has 0 fully saturated rings. The van der Waals surface area contributed by atoms with Crippen LogP contribution in [0.2, 0.25) is 0 Å². The van der Waals surface area contributed by atoms with Gasteiger partial charge in [0.15, 0.2) is 0 Å². The summed E-state index contributed by atoms with van der Waals surface area (Å²) in [5.41, 5.74) is 5.35. The fraction of sp³-hybridized carbons (Fsp3) is 0.667. The Bertz CT molecular complexity index is 34.8. The van der Waals surface area contributed by atoms with Crippen LogP contribution in [0.25, 0.3) is 0 Å². The minimum Gasteiger partial charge on any atom is -0.344 e. The van der Waals surface area contributed by atoms with E-state index in [1.807, 2.05) is 20.8 Å². The predicted octanol–water partition coefficient (Wildman–Crippen LogP) is 1.95. The van der Waals surface area contributed by atoms with Gasteiger partial charge in [0.2, 0.25) is 0 Å². The Morgan fingerprint density at radius 1 is 1.25 bits per heavy atom. The van der Waals surface area contributed by atoms with Crippen molar-refractivity contribution >= 4 is 0 Å². The molecule has 0 aromatic heterocycles. The predicted molar refractivity (Wildman–Crippen MR) is 42.3 cm³/mol. The summed E-state index contributed by atoms with van der Waals surface area (Å²) >= 11 is 0. The molecule has 2 heteroatoms. The highest BCUT2D eigenvalue weighted by Crippen LogP contribution is 1.88. The topological polar surface area (TPSA) is 61.0 Å². The fourth-order valence-electron chi connectivity index (χ4n) is 0. The van der Waals surface area contributed by atoms with Crippen LogP contribution >= 0.6 is 0 Å².